The highest BCUT2D eigenvalue weighted by Gasteiger charge is 2.23. The van der Waals surface area contributed by atoms with Gasteiger partial charge in [-0.25, -0.2) is 9.67 Å². The molecule has 0 radical (unpaired) electrons. The van der Waals surface area contributed by atoms with Gasteiger partial charge in [-0.2, -0.15) is 0 Å². The summed E-state index contributed by atoms with van der Waals surface area (Å²) in [5.41, 5.74) is 4.41. The molecule has 26 heavy (non-hydrogen) atoms. The van der Waals surface area contributed by atoms with E-state index < -0.39 is 0 Å². The Morgan fingerprint density at radius 3 is 2.31 bits per heavy atom. The molecule has 134 valence electrons. The van der Waals surface area contributed by atoms with E-state index in [1.54, 1.807) is 0 Å². The number of hydrogen-bond donors (Lipinski definition) is 0. The lowest BCUT2D eigenvalue weighted by Crippen LogP contribution is -2.24. The second-order valence-corrected chi connectivity index (χ2v) is 8.13. The van der Waals surface area contributed by atoms with Gasteiger partial charge >= 0.3 is 0 Å². The second-order valence-electron chi connectivity index (χ2n) is 8.13. The van der Waals surface area contributed by atoms with Gasteiger partial charge in [0.2, 0.25) is 0 Å². The van der Waals surface area contributed by atoms with E-state index in [4.69, 9.17) is 4.98 Å². The molecule has 2 heterocycles. The molecule has 0 bridgehead atoms. The molecule has 4 rings (SSSR count). The molecule has 2 aromatic carbocycles. The normalized spacial score (nSPS) is 13.5. The molecule has 0 spiro atoms. The smallest absolute Gasteiger partial charge is 0.131 e. The number of nitrogens with zero attached hydrogens (tertiary/aromatic N) is 5. The van der Waals surface area contributed by atoms with Crippen molar-refractivity contribution in [3.8, 4) is 0 Å². The van der Waals surface area contributed by atoms with Gasteiger partial charge in [0.25, 0.3) is 0 Å². The van der Waals surface area contributed by atoms with Crippen molar-refractivity contribution in [2.45, 2.75) is 40.8 Å². The first-order valence-electron chi connectivity index (χ1n) is 9.16. The maximum atomic E-state index is 4.90. The van der Waals surface area contributed by atoms with E-state index in [0.717, 1.165) is 28.9 Å². The first kappa shape index (κ1) is 16.8. The largest absolute Gasteiger partial charge is 0.326 e. The van der Waals surface area contributed by atoms with Gasteiger partial charge < -0.3 is 4.57 Å². The predicted molar refractivity (Wildman–Crippen MR) is 105 cm³/mol. The third-order valence-electron chi connectivity index (χ3n) is 5.38. The van der Waals surface area contributed by atoms with Crippen molar-refractivity contribution >= 4 is 22.1 Å². The molecule has 0 N–H and O–H groups in total. The van der Waals surface area contributed by atoms with Crippen molar-refractivity contribution in [2.24, 2.45) is 11.3 Å². The van der Waals surface area contributed by atoms with Crippen molar-refractivity contribution in [1.82, 2.24) is 24.5 Å². The van der Waals surface area contributed by atoms with E-state index in [1.165, 1.54) is 5.52 Å². The van der Waals surface area contributed by atoms with Crippen LogP contribution < -0.4 is 0 Å². The molecule has 1 atom stereocenters. The Kier molecular flexibility index (Phi) is 4.02. The van der Waals surface area contributed by atoms with Crippen LogP contribution in [0.2, 0.25) is 0 Å². The van der Waals surface area contributed by atoms with Crippen LogP contribution in [0.3, 0.4) is 0 Å². The van der Waals surface area contributed by atoms with Crippen molar-refractivity contribution < 1.29 is 0 Å². The van der Waals surface area contributed by atoms with Crippen molar-refractivity contribution in [1.29, 1.82) is 0 Å². The third kappa shape index (κ3) is 2.98. The van der Waals surface area contributed by atoms with Gasteiger partial charge in [-0.05, 0) is 35.6 Å². The second kappa shape index (κ2) is 6.24. The highest BCUT2D eigenvalue weighted by molar-refractivity contribution is 5.76. The van der Waals surface area contributed by atoms with Gasteiger partial charge in [0.05, 0.1) is 16.6 Å². The standard InChI is InChI=1S/C21H25N5/c1-15(21(2,3)4)13-25-18-11-7-5-9-16(18)22-20(25)14-26-19-12-8-6-10-17(19)23-24-26/h5-12,15H,13-14H2,1-4H3. The zero-order chi connectivity index (χ0) is 18.3. The Bertz CT molecular complexity index is 1050. The minimum atomic E-state index is 0.239. The van der Waals surface area contributed by atoms with E-state index in [1.807, 2.05) is 28.9 Å². The summed E-state index contributed by atoms with van der Waals surface area (Å²) in [6.45, 7) is 10.7. The summed E-state index contributed by atoms with van der Waals surface area (Å²) in [7, 11) is 0. The lowest BCUT2D eigenvalue weighted by atomic mass is 9.82. The van der Waals surface area contributed by atoms with Gasteiger partial charge in [-0.3, -0.25) is 0 Å². The maximum Gasteiger partial charge on any atom is 0.131 e. The number of para-hydroxylation sites is 3. The lowest BCUT2D eigenvalue weighted by molar-refractivity contribution is 0.232. The monoisotopic (exact) mass is 347 g/mol. The van der Waals surface area contributed by atoms with Crippen LogP contribution in [0, 0.1) is 11.3 Å². The molecule has 2 aromatic heterocycles. The molecule has 0 aliphatic heterocycles. The fraction of sp³-hybridized carbons (Fsp3) is 0.381. The molecule has 0 saturated carbocycles. The summed E-state index contributed by atoms with van der Waals surface area (Å²) >= 11 is 0. The van der Waals surface area contributed by atoms with E-state index in [-0.39, 0.29) is 5.41 Å². The lowest BCUT2D eigenvalue weighted by Gasteiger charge is -2.28. The maximum absolute atomic E-state index is 4.90. The minimum absolute atomic E-state index is 0.239. The highest BCUT2D eigenvalue weighted by atomic mass is 15.4. The van der Waals surface area contributed by atoms with Crippen molar-refractivity contribution in [3.63, 3.8) is 0 Å². The van der Waals surface area contributed by atoms with Crippen LogP contribution in [-0.4, -0.2) is 24.5 Å². The Morgan fingerprint density at radius 2 is 1.58 bits per heavy atom. The number of aromatic nitrogens is 5. The summed E-state index contributed by atoms with van der Waals surface area (Å²) in [5.74, 6) is 1.55. The number of benzene rings is 2. The summed E-state index contributed by atoms with van der Waals surface area (Å²) < 4.78 is 4.29. The zero-order valence-electron chi connectivity index (χ0n) is 15.8. The van der Waals surface area contributed by atoms with Crippen LogP contribution in [0.15, 0.2) is 48.5 Å². The van der Waals surface area contributed by atoms with Crippen LogP contribution in [0.25, 0.3) is 22.1 Å². The fourth-order valence-corrected chi connectivity index (χ4v) is 3.17. The molecule has 0 aliphatic rings. The molecule has 0 saturated heterocycles. The molecule has 0 fully saturated rings. The van der Waals surface area contributed by atoms with E-state index in [0.29, 0.717) is 12.5 Å². The Hall–Kier alpha value is -2.69. The van der Waals surface area contributed by atoms with E-state index >= 15 is 0 Å². The summed E-state index contributed by atoms with van der Waals surface area (Å²) in [6.07, 6.45) is 0. The average Bonchev–Trinajstić information content (AvgIpc) is 3.17. The molecule has 4 aromatic rings. The third-order valence-corrected chi connectivity index (χ3v) is 5.38. The summed E-state index contributed by atoms with van der Waals surface area (Å²) in [6, 6.07) is 16.4. The average molecular weight is 347 g/mol. The fourth-order valence-electron chi connectivity index (χ4n) is 3.17. The van der Waals surface area contributed by atoms with Crippen LogP contribution in [0.1, 0.15) is 33.5 Å². The highest BCUT2D eigenvalue weighted by Crippen LogP contribution is 2.29. The molecular formula is C21H25N5. The first-order chi connectivity index (χ1) is 12.4. The predicted octanol–water partition coefficient (Wildman–Crippen LogP) is 4.51. The Balaban J connectivity index is 1.78. The minimum Gasteiger partial charge on any atom is -0.326 e. The molecule has 1 unspecified atom stereocenters. The van der Waals surface area contributed by atoms with Gasteiger partial charge in [0.1, 0.15) is 17.9 Å². The van der Waals surface area contributed by atoms with Gasteiger partial charge in [-0.15, -0.1) is 5.10 Å². The SMILES string of the molecule is CC(Cn1c(Cn2nnc3ccccc32)nc2ccccc21)C(C)(C)C. The van der Waals surface area contributed by atoms with Gasteiger partial charge in [-0.1, -0.05) is 57.2 Å². The number of rotatable bonds is 4. The van der Waals surface area contributed by atoms with Crippen LogP contribution in [0.5, 0.6) is 0 Å². The van der Waals surface area contributed by atoms with Crippen molar-refractivity contribution in [2.75, 3.05) is 0 Å². The molecular weight excluding hydrogens is 322 g/mol. The molecule has 0 amide bonds. The quantitative estimate of drug-likeness (QED) is 0.546. The van der Waals surface area contributed by atoms with Crippen LogP contribution >= 0.6 is 0 Å². The molecule has 5 nitrogen and oxygen atoms in total. The summed E-state index contributed by atoms with van der Waals surface area (Å²) in [4.78, 5) is 4.90. The van der Waals surface area contributed by atoms with E-state index in [2.05, 4.69) is 66.8 Å². The zero-order valence-corrected chi connectivity index (χ0v) is 15.8. The first-order valence-corrected chi connectivity index (χ1v) is 9.16. The molecule has 5 heteroatoms. The van der Waals surface area contributed by atoms with Crippen LogP contribution in [0.4, 0.5) is 0 Å². The number of fused-ring (bicyclic) bond motifs is 2. The number of imidazole rings is 1. The summed E-state index contributed by atoms with van der Waals surface area (Å²) in [5, 5.41) is 8.62. The topological polar surface area (TPSA) is 48.5 Å². The molecule has 0 aliphatic carbocycles. The van der Waals surface area contributed by atoms with Crippen molar-refractivity contribution in [3.05, 3.63) is 54.4 Å². The van der Waals surface area contributed by atoms with Gasteiger partial charge in [0.15, 0.2) is 0 Å². The number of hydrogen-bond acceptors (Lipinski definition) is 3. The van der Waals surface area contributed by atoms with Gasteiger partial charge in [0, 0.05) is 6.54 Å². The van der Waals surface area contributed by atoms with E-state index in [9.17, 15) is 0 Å². The Labute approximate surface area is 153 Å². The Morgan fingerprint density at radius 1 is 0.923 bits per heavy atom. The van der Waals surface area contributed by atoms with Crippen LogP contribution in [-0.2, 0) is 13.1 Å².